The normalized spacial score (nSPS) is 24.0. The van der Waals surface area contributed by atoms with Crippen molar-refractivity contribution in [1.29, 1.82) is 0 Å². The summed E-state index contributed by atoms with van der Waals surface area (Å²) < 4.78 is 5.97. The molecule has 0 radical (unpaired) electrons. The van der Waals surface area contributed by atoms with Gasteiger partial charge in [0.25, 0.3) is 0 Å². The third kappa shape index (κ3) is 4.06. The highest BCUT2D eigenvalue weighted by Gasteiger charge is 2.32. The highest BCUT2D eigenvalue weighted by atomic mass is 16.5. The Labute approximate surface area is 129 Å². The Kier molecular flexibility index (Phi) is 4.76. The van der Waals surface area contributed by atoms with E-state index in [1.165, 1.54) is 22.3 Å². The molecule has 3 heteroatoms. The molecular formula is C18H30N2O. The first kappa shape index (κ1) is 16.5. The Morgan fingerprint density at radius 1 is 1.29 bits per heavy atom. The fourth-order valence-electron chi connectivity index (χ4n) is 3.87. The van der Waals surface area contributed by atoms with Crippen molar-refractivity contribution in [3.05, 3.63) is 34.4 Å². The van der Waals surface area contributed by atoms with Crippen molar-refractivity contribution in [3.63, 3.8) is 0 Å². The van der Waals surface area contributed by atoms with Gasteiger partial charge < -0.3 is 10.5 Å². The molecule has 21 heavy (non-hydrogen) atoms. The molecule has 3 nitrogen and oxygen atoms in total. The van der Waals surface area contributed by atoms with E-state index in [2.05, 4.69) is 58.6 Å². The second-order valence-corrected chi connectivity index (χ2v) is 7.30. The highest BCUT2D eigenvalue weighted by Crippen LogP contribution is 2.26. The second-order valence-electron chi connectivity index (χ2n) is 7.30. The Morgan fingerprint density at radius 3 is 2.38 bits per heavy atom. The summed E-state index contributed by atoms with van der Waals surface area (Å²) in [6, 6.07) is 4.52. The van der Waals surface area contributed by atoms with Gasteiger partial charge in [0.2, 0.25) is 0 Å². The third-order valence-electron chi connectivity index (χ3n) is 4.20. The summed E-state index contributed by atoms with van der Waals surface area (Å²) in [7, 11) is 0. The fraction of sp³-hybridized carbons (Fsp3) is 0.667. The van der Waals surface area contributed by atoms with Crippen LogP contribution in [-0.2, 0) is 4.74 Å². The lowest BCUT2D eigenvalue weighted by Crippen LogP contribution is -2.53. The van der Waals surface area contributed by atoms with Crippen LogP contribution in [0.2, 0.25) is 0 Å². The van der Waals surface area contributed by atoms with E-state index in [1.54, 1.807) is 0 Å². The summed E-state index contributed by atoms with van der Waals surface area (Å²) >= 11 is 0. The lowest BCUT2D eigenvalue weighted by Gasteiger charge is -2.42. The summed E-state index contributed by atoms with van der Waals surface area (Å²) in [5, 5.41) is 0. The minimum Gasteiger partial charge on any atom is -0.370 e. The molecule has 1 aromatic carbocycles. The summed E-state index contributed by atoms with van der Waals surface area (Å²) in [6.45, 7) is 15.7. The zero-order chi connectivity index (χ0) is 15.8. The molecule has 1 fully saturated rings. The number of aryl methyl sites for hydroxylation is 3. The maximum Gasteiger partial charge on any atom is 0.0757 e. The summed E-state index contributed by atoms with van der Waals surface area (Å²) in [5.74, 6) is 0. The smallest absolute Gasteiger partial charge is 0.0757 e. The van der Waals surface area contributed by atoms with Gasteiger partial charge in [0.1, 0.15) is 0 Å². The average Bonchev–Trinajstić information content (AvgIpc) is 2.23. The van der Waals surface area contributed by atoms with Crippen molar-refractivity contribution in [2.75, 3.05) is 19.6 Å². The molecule has 1 saturated heterocycles. The SMILES string of the molecule is Cc1cc(C)c(C(N)CN2CC(C)OC(C)(C)C2)c(C)c1. The van der Waals surface area contributed by atoms with Crippen molar-refractivity contribution in [2.45, 2.75) is 59.3 Å². The van der Waals surface area contributed by atoms with E-state index >= 15 is 0 Å². The number of nitrogens with zero attached hydrogens (tertiary/aromatic N) is 1. The van der Waals surface area contributed by atoms with Gasteiger partial charge >= 0.3 is 0 Å². The van der Waals surface area contributed by atoms with Crippen LogP contribution in [0.3, 0.4) is 0 Å². The molecule has 0 saturated carbocycles. The van der Waals surface area contributed by atoms with E-state index < -0.39 is 0 Å². The van der Waals surface area contributed by atoms with Crippen LogP contribution in [0.25, 0.3) is 0 Å². The molecule has 0 aliphatic carbocycles. The van der Waals surface area contributed by atoms with E-state index in [9.17, 15) is 0 Å². The van der Waals surface area contributed by atoms with Crippen molar-refractivity contribution in [2.24, 2.45) is 5.73 Å². The number of hydrogen-bond donors (Lipinski definition) is 1. The Morgan fingerprint density at radius 2 is 1.86 bits per heavy atom. The molecule has 1 aliphatic rings. The van der Waals surface area contributed by atoms with Crippen LogP contribution in [0.15, 0.2) is 12.1 Å². The van der Waals surface area contributed by atoms with Crippen molar-refractivity contribution in [3.8, 4) is 0 Å². The summed E-state index contributed by atoms with van der Waals surface area (Å²) in [6.07, 6.45) is 0.265. The van der Waals surface area contributed by atoms with Crippen molar-refractivity contribution >= 4 is 0 Å². The van der Waals surface area contributed by atoms with Crippen LogP contribution in [0.1, 0.15) is 49.1 Å². The Balaban J connectivity index is 2.13. The summed E-state index contributed by atoms with van der Waals surface area (Å²) in [5.41, 5.74) is 11.7. The van der Waals surface area contributed by atoms with Gasteiger partial charge in [-0.2, -0.15) is 0 Å². The first-order chi connectivity index (χ1) is 9.68. The molecule has 2 unspecified atom stereocenters. The van der Waals surface area contributed by atoms with Crippen LogP contribution in [0.4, 0.5) is 0 Å². The van der Waals surface area contributed by atoms with E-state index in [0.717, 1.165) is 19.6 Å². The fourth-order valence-corrected chi connectivity index (χ4v) is 3.87. The highest BCUT2D eigenvalue weighted by molar-refractivity contribution is 5.39. The molecule has 0 amide bonds. The van der Waals surface area contributed by atoms with Crippen molar-refractivity contribution < 1.29 is 4.74 Å². The lowest BCUT2D eigenvalue weighted by molar-refractivity contribution is -0.129. The Bertz CT molecular complexity index is 487. The van der Waals surface area contributed by atoms with Gasteiger partial charge in [0.15, 0.2) is 0 Å². The molecule has 0 bridgehead atoms. The quantitative estimate of drug-likeness (QED) is 0.929. The predicted octanol–water partition coefficient (Wildman–Crippen LogP) is 3.11. The van der Waals surface area contributed by atoms with Gasteiger partial charge in [-0.05, 0) is 58.2 Å². The monoisotopic (exact) mass is 290 g/mol. The third-order valence-corrected chi connectivity index (χ3v) is 4.20. The van der Waals surface area contributed by atoms with Gasteiger partial charge in [-0.25, -0.2) is 0 Å². The number of morpholine rings is 1. The first-order valence-corrected chi connectivity index (χ1v) is 7.91. The van der Waals surface area contributed by atoms with Gasteiger partial charge in [0, 0.05) is 25.7 Å². The molecule has 2 N–H and O–H groups in total. The minimum atomic E-state index is -0.0885. The molecule has 1 heterocycles. The molecule has 1 aromatic rings. The standard InChI is InChI=1S/C18H30N2O/c1-12-7-13(2)17(14(3)8-12)16(19)10-20-9-15(4)21-18(5,6)11-20/h7-8,15-16H,9-11,19H2,1-6H3. The number of hydrogen-bond acceptors (Lipinski definition) is 3. The van der Waals surface area contributed by atoms with Gasteiger partial charge in [-0.3, -0.25) is 4.90 Å². The van der Waals surface area contributed by atoms with Crippen LogP contribution in [-0.4, -0.2) is 36.2 Å². The zero-order valence-electron chi connectivity index (χ0n) is 14.4. The summed E-state index contributed by atoms with van der Waals surface area (Å²) in [4.78, 5) is 2.44. The molecular weight excluding hydrogens is 260 g/mol. The predicted molar refractivity (Wildman–Crippen MR) is 88.6 cm³/mol. The molecule has 0 spiro atoms. The zero-order valence-corrected chi connectivity index (χ0v) is 14.4. The van der Waals surface area contributed by atoms with E-state index in [4.69, 9.17) is 10.5 Å². The van der Waals surface area contributed by atoms with E-state index in [0.29, 0.717) is 0 Å². The maximum absolute atomic E-state index is 6.53. The molecule has 0 aromatic heterocycles. The number of nitrogens with two attached hydrogens (primary N) is 1. The van der Waals surface area contributed by atoms with Crippen LogP contribution in [0, 0.1) is 20.8 Å². The molecule has 1 aliphatic heterocycles. The van der Waals surface area contributed by atoms with Crippen molar-refractivity contribution in [1.82, 2.24) is 4.90 Å². The lowest BCUT2D eigenvalue weighted by atomic mass is 9.93. The number of benzene rings is 1. The number of ether oxygens (including phenoxy) is 1. The van der Waals surface area contributed by atoms with Crippen LogP contribution in [0.5, 0.6) is 0 Å². The average molecular weight is 290 g/mol. The largest absolute Gasteiger partial charge is 0.370 e. The topological polar surface area (TPSA) is 38.5 Å². The van der Waals surface area contributed by atoms with Gasteiger partial charge in [-0.1, -0.05) is 17.7 Å². The molecule has 2 atom stereocenters. The van der Waals surface area contributed by atoms with Gasteiger partial charge in [0.05, 0.1) is 11.7 Å². The van der Waals surface area contributed by atoms with Gasteiger partial charge in [-0.15, -0.1) is 0 Å². The van der Waals surface area contributed by atoms with Crippen LogP contribution >= 0.6 is 0 Å². The first-order valence-electron chi connectivity index (χ1n) is 7.91. The van der Waals surface area contributed by atoms with Crippen LogP contribution < -0.4 is 5.73 Å². The second kappa shape index (κ2) is 6.07. The minimum absolute atomic E-state index is 0.0618. The van der Waals surface area contributed by atoms with E-state index in [-0.39, 0.29) is 17.7 Å². The van der Waals surface area contributed by atoms with E-state index in [1.807, 2.05) is 0 Å². The maximum atomic E-state index is 6.53. The molecule has 118 valence electrons. The Hall–Kier alpha value is -0.900. The number of rotatable bonds is 3. The molecule has 2 rings (SSSR count).